The van der Waals surface area contributed by atoms with Gasteiger partial charge in [0.1, 0.15) is 0 Å². The number of hydrogen-bond donors (Lipinski definition) is 1. The summed E-state index contributed by atoms with van der Waals surface area (Å²) in [6.45, 7) is 3.53. The zero-order valence-electron chi connectivity index (χ0n) is 19.4. The van der Waals surface area contributed by atoms with Crippen LogP contribution in [-0.2, 0) is 14.8 Å². The van der Waals surface area contributed by atoms with Crippen LogP contribution in [0.3, 0.4) is 0 Å². The van der Waals surface area contributed by atoms with Crippen molar-refractivity contribution in [3.05, 3.63) is 59.7 Å². The van der Waals surface area contributed by atoms with Crippen molar-refractivity contribution in [1.29, 1.82) is 0 Å². The summed E-state index contributed by atoms with van der Waals surface area (Å²) in [6, 6.07) is 14.3. The van der Waals surface area contributed by atoms with E-state index in [2.05, 4.69) is 5.32 Å². The largest absolute Gasteiger partial charge is 0.339 e. The van der Waals surface area contributed by atoms with E-state index in [4.69, 9.17) is 0 Å². The number of sulfonamides is 1. The van der Waals surface area contributed by atoms with Gasteiger partial charge in [0.15, 0.2) is 0 Å². The number of rotatable bonds is 8. The van der Waals surface area contributed by atoms with Crippen LogP contribution in [0.15, 0.2) is 48.5 Å². The molecule has 8 heteroatoms. The van der Waals surface area contributed by atoms with Crippen LogP contribution >= 0.6 is 0 Å². The number of hydrogen-bond acceptors (Lipinski definition) is 4. The fraction of sp³-hybridized carbons (Fsp3) is 0.440. The van der Waals surface area contributed by atoms with Gasteiger partial charge in [0.25, 0.3) is 5.91 Å². The molecule has 0 saturated carbocycles. The Hall–Kier alpha value is -2.87. The number of likely N-dealkylation sites (tertiary alicyclic amines) is 1. The lowest BCUT2D eigenvalue weighted by atomic mass is 10.1. The standard InChI is InChI=1S/C25H33N3O4S/c1-20-12-5-8-15-23(20)28(33(2,31)32)19-11-16-24(29)26-22-14-7-6-13-21(22)25(30)27-17-9-3-4-10-18-27/h5-8,12-15H,3-4,9-11,16-19H2,1-2H3,(H,26,29). The lowest BCUT2D eigenvalue weighted by Crippen LogP contribution is -2.33. The van der Waals surface area contributed by atoms with Gasteiger partial charge in [-0.2, -0.15) is 0 Å². The van der Waals surface area contributed by atoms with Crippen molar-refractivity contribution >= 4 is 33.2 Å². The third-order valence-electron chi connectivity index (χ3n) is 5.87. The molecule has 3 rings (SSSR count). The molecule has 2 aromatic rings. The van der Waals surface area contributed by atoms with E-state index in [0.717, 1.165) is 44.3 Å². The van der Waals surface area contributed by atoms with Gasteiger partial charge in [-0.3, -0.25) is 13.9 Å². The number of benzene rings is 2. The number of anilines is 2. The van der Waals surface area contributed by atoms with Crippen LogP contribution in [-0.4, -0.2) is 51.0 Å². The van der Waals surface area contributed by atoms with E-state index in [-0.39, 0.29) is 24.8 Å². The van der Waals surface area contributed by atoms with E-state index < -0.39 is 10.0 Å². The maximum atomic E-state index is 13.1. The Morgan fingerprint density at radius 2 is 1.61 bits per heavy atom. The van der Waals surface area contributed by atoms with E-state index in [0.29, 0.717) is 23.4 Å². The first-order chi connectivity index (χ1) is 15.8. The van der Waals surface area contributed by atoms with Crippen LogP contribution < -0.4 is 9.62 Å². The minimum atomic E-state index is -3.48. The Kier molecular flexibility index (Phi) is 8.49. The summed E-state index contributed by atoms with van der Waals surface area (Å²) in [5.41, 5.74) is 2.46. The van der Waals surface area contributed by atoms with Crippen molar-refractivity contribution < 1.29 is 18.0 Å². The second-order valence-electron chi connectivity index (χ2n) is 8.53. The highest BCUT2D eigenvalue weighted by molar-refractivity contribution is 7.92. The lowest BCUT2D eigenvalue weighted by molar-refractivity contribution is -0.116. The molecule has 0 aromatic heterocycles. The molecule has 2 aromatic carbocycles. The van der Waals surface area contributed by atoms with Crippen LogP contribution in [0.1, 0.15) is 54.4 Å². The van der Waals surface area contributed by atoms with E-state index in [1.54, 1.807) is 36.4 Å². The third-order valence-corrected chi connectivity index (χ3v) is 7.05. The van der Waals surface area contributed by atoms with Gasteiger partial charge in [-0.25, -0.2) is 8.42 Å². The van der Waals surface area contributed by atoms with Gasteiger partial charge < -0.3 is 10.2 Å². The van der Waals surface area contributed by atoms with Gasteiger partial charge >= 0.3 is 0 Å². The molecule has 33 heavy (non-hydrogen) atoms. The van der Waals surface area contributed by atoms with Gasteiger partial charge in [0.2, 0.25) is 15.9 Å². The summed E-state index contributed by atoms with van der Waals surface area (Å²) >= 11 is 0. The molecule has 0 unspecified atom stereocenters. The Bertz CT molecular complexity index is 1080. The molecule has 1 aliphatic rings. The average molecular weight is 472 g/mol. The molecule has 1 N–H and O–H groups in total. The van der Waals surface area contributed by atoms with E-state index >= 15 is 0 Å². The number of amides is 2. The third kappa shape index (κ3) is 6.81. The quantitative estimate of drug-likeness (QED) is 0.625. The maximum Gasteiger partial charge on any atom is 0.255 e. The Morgan fingerprint density at radius 3 is 2.27 bits per heavy atom. The molecule has 1 aliphatic heterocycles. The van der Waals surface area contributed by atoms with Crippen molar-refractivity contribution in [3.8, 4) is 0 Å². The summed E-state index contributed by atoms with van der Waals surface area (Å²) in [7, 11) is -3.48. The molecule has 1 heterocycles. The van der Waals surface area contributed by atoms with Crippen molar-refractivity contribution in [2.24, 2.45) is 0 Å². The number of carbonyl (C=O) groups is 2. The van der Waals surface area contributed by atoms with Gasteiger partial charge in [-0.05, 0) is 49.9 Å². The Morgan fingerprint density at radius 1 is 0.970 bits per heavy atom. The monoisotopic (exact) mass is 471 g/mol. The molecular weight excluding hydrogens is 438 g/mol. The van der Waals surface area contributed by atoms with E-state index in [1.165, 1.54) is 10.6 Å². The molecule has 0 aliphatic carbocycles. The number of nitrogens with one attached hydrogen (secondary N) is 1. The molecule has 0 radical (unpaired) electrons. The first-order valence-electron chi connectivity index (χ1n) is 11.5. The molecule has 0 spiro atoms. The summed E-state index contributed by atoms with van der Waals surface area (Å²) < 4.78 is 26.0. The van der Waals surface area contributed by atoms with Crippen LogP contribution in [0.5, 0.6) is 0 Å². The molecule has 2 amide bonds. The topological polar surface area (TPSA) is 86.8 Å². The van der Waals surface area contributed by atoms with Crippen LogP contribution in [0.25, 0.3) is 0 Å². The molecule has 1 fully saturated rings. The van der Waals surface area contributed by atoms with Crippen molar-refractivity contribution in [2.75, 3.05) is 35.5 Å². The zero-order chi connectivity index (χ0) is 23.8. The van der Waals surface area contributed by atoms with Gasteiger partial charge in [-0.1, -0.05) is 43.2 Å². The highest BCUT2D eigenvalue weighted by atomic mass is 32.2. The summed E-state index contributed by atoms with van der Waals surface area (Å²) in [5.74, 6) is -0.306. The fourth-order valence-electron chi connectivity index (χ4n) is 4.13. The first kappa shape index (κ1) is 24.8. The second-order valence-corrected chi connectivity index (χ2v) is 10.4. The van der Waals surface area contributed by atoms with Crippen molar-refractivity contribution in [3.63, 3.8) is 0 Å². The molecule has 0 bridgehead atoms. The molecular formula is C25H33N3O4S. The predicted octanol–water partition coefficient (Wildman–Crippen LogP) is 4.20. The lowest BCUT2D eigenvalue weighted by Gasteiger charge is -2.24. The van der Waals surface area contributed by atoms with E-state index in [1.807, 2.05) is 24.0 Å². The van der Waals surface area contributed by atoms with Crippen molar-refractivity contribution in [2.45, 2.75) is 45.4 Å². The zero-order valence-corrected chi connectivity index (χ0v) is 20.2. The van der Waals surface area contributed by atoms with Crippen LogP contribution in [0, 0.1) is 6.92 Å². The summed E-state index contributed by atoms with van der Waals surface area (Å²) in [6.07, 6.45) is 5.93. The minimum Gasteiger partial charge on any atom is -0.339 e. The number of aryl methyl sites for hydroxylation is 1. The van der Waals surface area contributed by atoms with Gasteiger partial charge in [0, 0.05) is 26.1 Å². The summed E-state index contributed by atoms with van der Waals surface area (Å²) in [4.78, 5) is 27.6. The molecule has 0 atom stereocenters. The maximum absolute atomic E-state index is 13.1. The predicted molar refractivity (Wildman–Crippen MR) is 132 cm³/mol. The van der Waals surface area contributed by atoms with Crippen molar-refractivity contribution in [1.82, 2.24) is 4.90 Å². The van der Waals surface area contributed by atoms with Gasteiger partial charge in [0.05, 0.1) is 23.2 Å². The highest BCUT2D eigenvalue weighted by Crippen LogP contribution is 2.23. The Labute approximate surface area is 196 Å². The summed E-state index contributed by atoms with van der Waals surface area (Å²) in [5, 5.41) is 2.86. The highest BCUT2D eigenvalue weighted by Gasteiger charge is 2.22. The average Bonchev–Trinajstić information content (AvgIpc) is 3.06. The smallest absolute Gasteiger partial charge is 0.255 e. The van der Waals surface area contributed by atoms with Gasteiger partial charge in [-0.15, -0.1) is 0 Å². The molecule has 178 valence electrons. The molecule has 1 saturated heterocycles. The Balaban J connectivity index is 1.63. The molecule has 7 nitrogen and oxygen atoms in total. The fourth-order valence-corrected chi connectivity index (χ4v) is 5.15. The second kappa shape index (κ2) is 11.3. The first-order valence-corrected chi connectivity index (χ1v) is 13.3. The SMILES string of the molecule is Cc1ccccc1N(CCCC(=O)Nc1ccccc1C(=O)N1CCCCCC1)S(C)(=O)=O. The normalized spacial score (nSPS) is 14.4. The van der Waals surface area contributed by atoms with E-state index in [9.17, 15) is 18.0 Å². The number of nitrogens with zero attached hydrogens (tertiary/aromatic N) is 2. The minimum absolute atomic E-state index is 0.0596. The van der Waals surface area contributed by atoms with Crippen LogP contribution in [0.2, 0.25) is 0 Å². The van der Waals surface area contributed by atoms with Crippen LogP contribution in [0.4, 0.5) is 11.4 Å². The number of para-hydroxylation sites is 2. The number of carbonyl (C=O) groups excluding carboxylic acids is 2.